The summed E-state index contributed by atoms with van der Waals surface area (Å²) in [5.41, 5.74) is -0.234. The van der Waals surface area contributed by atoms with E-state index in [4.69, 9.17) is 0 Å². The fourth-order valence-electron chi connectivity index (χ4n) is 1.80. The average molecular weight is 331 g/mol. The van der Waals surface area contributed by atoms with Crippen molar-refractivity contribution in [3.8, 4) is 0 Å². The fraction of sp³-hybridized carbons (Fsp3) is 0.538. The molecule has 1 unspecified atom stereocenters. The number of hydrogen-bond donors (Lipinski definition) is 2. The molecule has 1 aromatic rings. The lowest BCUT2D eigenvalue weighted by molar-refractivity contribution is -0.122. The zero-order valence-corrected chi connectivity index (χ0v) is 12.7. The van der Waals surface area contributed by atoms with Crippen molar-refractivity contribution in [2.75, 3.05) is 6.61 Å². The summed E-state index contributed by atoms with van der Waals surface area (Å²) in [6.07, 6.45) is 2.27. The van der Waals surface area contributed by atoms with Crippen LogP contribution >= 0.6 is 15.9 Å². The van der Waals surface area contributed by atoms with E-state index in [9.17, 15) is 14.7 Å². The number of aliphatic hydroxyl groups excluding tert-OH is 1. The Morgan fingerprint density at radius 3 is 2.74 bits per heavy atom. The van der Waals surface area contributed by atoms with Crippen LogP contribution in [0.25, 0.3) is 0 Å². The summed E-state index contributed by atoms with van der Waals surface area (Å²) in [5, 5.41) is 11.9. The summed E-state index contributed by atoms with van der Waals surface area (Å²) in [4.78, 5) is 23.4. The van der Waals surface area contributed by atoms with Gasteiger partial charge in [0.25, 0.3) is 5.56 Å². The van der Waals surface area contributed by atoms with Gasteiger partial charge in [-0.1, -0.05) is 13.8 Å². The van der Waals surface area contributed by atoms with Gasteiger partial charge in [-0.25, -0.2) is 0 Å². The molecule has 2 N–H and O–H groups in total. The molecule has 0 saturated heterocycles. The van der Waals surface area contributed by atoms with Crippen LogP contribution in [-0.2, 0) is 11.3 Å². The highest BCUT2D eigenvalue weighted by Gasteiger charge is 2.13. The Morgan fingerprint density at radius 1 is 1.47 bits per heavy atom. The Hall–Kier alpha value is -1.14. The van der Waals surface area contributed by atoms with Crippen LogP contribution in [0.1, 0.15) is 20.3 Å². The predicted molar refractivity (Wildman–Crippen MR) is 76.9 cm³/mol. The zero-order chi connectivity index (χ0) is 14.4. The number of carbonyl (C=O) groups is 1. The molecule has 0 aliphatic heterocycles. The van der Waals surface area contributed by atoms with Crippen LogP contribution in [-0.4, -0.2) is 28.2 Å². The van der Waals surface area contributed by atoms with E-state index >= 15 is 0 Å². The minimum atomic E-state index is -0.278. The van der Waals surface area contributed by atoms with Crippen molar-refractivity contribution in [3.05, 3.63) is 33.2 Å². The second kappa shape index (κ2) is 7.45. The van der Waals surface area contributed by atoms with Crippen LogP contribution in [0.4, 0.5) is 0 Å². The van der Waals surface area contributed by atoms with Crippen LogP contribution in [0.3, 0.4) is 0 Å². The Kier molecular flexibility index (Phi) is 6.24. The van der Waals surface area contributed by atoms with E-state index in [1.807, 2.05) is 13.8 Å². The SMILES string of the molecule is CC(C)CC(CO)NC(=O)Cn1cc(Br)ccc1=O. The topological polar surface area (TPSA) is 71.3 Å². The van der Waals surface area contributed by atoms with Gasteiger partial charge in [0.2, 0.25) is 5.91 Å². The largest absolute Gasteiger partial charge is 0.394 e. The highest BCUT2D eigenvalue weighted by molar-refractivity contribution is 9.10. The van der Waals surface area contributed by atoms with Crippen molar-refractivity contribution in [1.29, 1.82) is 0 Å². The monoisotopic (exact) mass is 330 g/mol. The zero-order valence-electron chi connectivity index (χ0n) is 11.1. The molecule has 19 heavy (non-hydrogen) atoms. The molecule has 0 aromatic carbocycles. The van der Waals surface area contributed by atoms with Crippen molar-refractivity contribution < 1.29 is 9.90 Å². The highest BCUT2D eigenvalue weighted by Crippen LogP contribution is 2.06. The van der Waals surface area contributed by atoms with Gasteiger partial charge in [0.05, 0.1) is 12.6 Å². The first kappa shape index (κ1) is 15.9. The van der Waals surface area contributed by atoms with Gasteiger partial charge in [0.15, 0.2) is 0 Å². The molecule has 1 atom stereocenters. The number of nitrogens with zero attached hydrogens (tertiary/aromatic N) is 1. The summed E-state index contributed by atoms with van der Waals surface area (Å²) in [5.74, 6) is 0.103. The molecule has 0 aliphatic rings. The number of carbonyl (C=O) groups excluding carboxylic acids is 1. The number of rotatable bonds is 6. The molecular weight excluding hydrogens is 312 g/mol. The maximum atomic E-state index is 11.8. The van der Waals surface area contributed by atoms with E-state index in [1.54, 1.807) is 12.3 Å². The van der Waals surface area contributed by atoms with Gasteiger partial charge in [-0.05, 0) is 34.3 Å². The molecule has 106 valence electrons. The van der Waals surface area contributed by atoms with Crippen LogP contribution in [0, 0.1) is 5.92 Å². The van der Waals surface area contributed by atoms with Gasteiger partial charge < -0.3 is 15.0 Å². The van der Waals surface area contributed by atoms with E-state index in [-0.39, 0.29) is 30.7 Å². The van der Waals surface area contributed by atoms with Crippen molar-refractivity contribution in [2.24, 2.45) is 5.92 Å². The first-order chi connectivity index (χ1) is 8.92. The van der Waals surface area contributed by atoms with Crippen molar-refractivity contribution >= 4 is 21.8 Å². The van der Waals surface area contributed by atoms with Crippen molar-refractivity contribution in [2.45, 2.75) is 32.9 Å². The van der Waals surface area contributed by atoms with E-state index < -0.39 is 0 Å². The maximum absolute atomic E-state index is 11.8. The Morgan fingerprint density at radius 2 is 2.16 bits per heavy atom. The molecule has 0 radical (unpaired) electrons. The second-order valence-electron chi connectivity index (χ2n) is 4.89. The van der Waals surface area contributed by atoms with Gasteiger partial charge in [-0.2, -0.15) is 0 Å². The molecule has 0 bridgehead atoms. The Bertz CT molecular complexity index is 485. The molecule has 1 rings (SSSR count). The van der Waals surface area contributed by atoms with E-state index in [0.717, 1.165) is 4.47 Å². The molecule has 6 heteroatoms. The number of pyridine rings is 1. The number of nitrogens with one attached hydrogen (secondary N) is 1. The summed E-state index contributed by atoms with van der Waals surface area (Å²) >= 11 is 3.25. The van der Waals surface area contributed by atoms with Crippen molar-refractivity contribution in [1.82, 2.24) is 9.88 Å². The molecular formula is C13H19BrN2O3. The maximum Gasteiger partial charge on any atom is 0.251 e. The molecule has 0 fully saturated rings. The van der Waals surface area contributed by atoms with Gasteiger partial charge in [-0.3, -0.25) is 9.59 Å². The summed E-state index contributed by atoms with van der Waals surface area (Å²) < 4.78 is 2.06. The van der Waals surface area contributed by atoms with Gasteiger partial charge in [0.1, 0.15) is 6.54 Å². The molecule has 0 aliphatic carbocycles. The minimum absolute atomic E-state index is 0.0487. The second-order valence-corrected chi connectivity index (χ2v) is 5.81. The van der Waals surface area contributed by atoms with Crippen LogP contribution in [0.2, 0.25) is 0 Å². The number of amides is 1. The standard InChI is InChI=1S/C13H19BrN2O3/c1-9(2)5-11(8-17)15-12(18)7-16-6-10(14)3-4-13(16)19/h3-4,6,9,11,17H,5,7-8H2,1-2H3,(H,15,18). The third-order valence-electron chi connectivity index (χ3n) is 2.60. The van der Waals surface area contributed by atoms with E-state index in [1.165, 1.54) is 10.6 Å². The lowest BCUT2D eigenvalue weighted by atomic mass is 10.0. The number of aromatic nitrogens is 1. The quantitative estimate of drug-likeness (QED) is 0.821. The first-order valence-corrected chi connectivity index (χ1v) is 6.98. The third-order valence-corrected chi connectivity index (χ3v) is 3.07. The van der Waals surface area contributed by atoms with E-state index in [2.05, 4.69) is 21.2 Å². The first-order valence-electron chi connectivity index (χ1n) is 6.18. The number of hydrogen-bond acceptors (Lipinski definition) is 3. The summed E-state index contributed by atoms with van der Waals surface area (Å²) in [6, 6.07) is 2.76. The molecule has 0 spiro atoms. The highest BCUT2D eigenvalue weighted by atomic mass is 79.9. The van der Waals surface area contributed by atoms with Gasteiger partial charge in [-0.15, -0.1) is 0 Å². The normalized spacial score (nSPS) is 12.5. The third kappa shape index (κ3) is 5.57. The molecule has 1 heterocycles. The number of halogens is 1. The summed E-state index contributed by atoms with van der Waals surface area (Å²) in [6.45, 7) is 3.89. The van der Waals surface area contributed by atoms with Gasteiger partial charge >= 0.3 is 0 Å². The molecule has 1 aromatic heterocycles. The van der Waals surface area contributed by atoms with Crippen LogP contribution in [0.15, 0.2) is 27.6 Å². The van der Waals surface area contributed by atoms with Crippen LogP contribution < -0.4 is 10.9 Å². The molecule has 1 amide bonds. The molecule has 0 saturated carbocycles. The minimum Gasteiger partial charge on any atom is -0.394 e. The smallest absolute Gasteiger partial charge is 0.251 e. The molecule has 5 nitrogen and oxygen atoms in total. The lowest BCUT2D eigenvalue weighted by Gasteiger charge is -2.18. The van der Waals surface area contributed by atoms with Crippen molar-refractivity contribution in [3.63, 3.8) is 0 Å². The number of aliphatic hydroxyl groups is 1. The van der Waals surface area contributed by atoms with E-state index in [0.29, 0.717) is 12.3 Å². The Balaban J connectivity index is 2.64. The summed E-state index contributed by atoms with van der Waals surface area (Å²) in [7, 11) is 0. The predicted octanol–water partition coefficient (Wildman–Crippen LogP) is 1.13. The average Bonchev–Trinajstić information content (AvgIpc) is 2.32. The Labute approximate surface area is 120 Å². The van der Waals surface area contributed by atoms with Crippen LogP contribution in [0.5, 0.6) is 0 Å². The fourth-order valence-corrected chi connectivity index (χ4v) is 2.18. The lowest BCUT2D eigenvalue weighted by Crippen LogP contribution is -2.41. The van der Waals surface area contributed by atoms with Gasteiger partial charge in [0, 0.05) is 16.7 Å².